The molecule has 0 saturated heterocycles. The van der Waals surface area contributed by atoms with Gasteiger partial charge in [0.05, 0.1) is 5.69 Å². The van der Waals surface area contributed by atoms with E-state index in [2.05, 4.69) is 18.4 Å². The van der Waals surface area contributed by atoms with E-state index in [1.807, 2.05) is 0 Å². The third-order valence-electron chi connectivity index (χ3n) is 5.11. The Hall–Kier alpha value is -0.790. The predicted molar refractivity (Wildman–Crippen MR) is 74.9 cm³/mol. The van der Waals surface area contributed by atoms with Gasteiger partial charge in [-0.15, -0.1) is 0 Å². The van der Waals surface area contributed by atoms with Crippen molar-refractivity contribution in [2.45, 2.75) is 77.7 Å². The monoisotopic (exact) mass is 246 g/mol. The van der Waals surface area contributed by atoms with E-state index in [-0.39, 0.29) is 0 Å². The second-order valence-corrected chi connectivity index (χ2v) is 6.21. The van der Waals surface area contributed by atoms with Crippen LogP contribution in [0.1, 0.15) is 75.1 Å². The van der Waals surface area contributed by atoms with Gasteiger partial charge in [0.25, 0.3) is 0 Å². The highest BCUT2D eigenvalue weighted by atomic mass is 15.1. The molecule has 1 saturated carbocycles. The van der Waals surface area contributed by atoms with E-state index in [0.717, 1.165) is 12.0 Å². The Bertz CT molecular complexity index is 411. The summed E-state index contributed by atoms with van der Waals surface area (Å²) in [5, 5.41) is 0. The molecule has 3 rings (SSSR count). The number of rotatable bonds is 2. The number of aromatic nitrogens is 2. The molecule has 0 aromatic carbocycles. The highest BCUT2D eigenvalue weighted by Gasteiger charge is 2.26. The van der Waals surface area contributed by atoms with Gasteiger partial charge in [-0.1, -0.05) is 13.3 Å². The van der Waals surface area contributed by atoms with Gasteiger partial charge in [0.15, 0.2) is 0 Å². The van der Waals surface area contributed by atoms with Gasteiger partial charge >= 0.3 is 0 Å². The smallest absolute Gasteiger partial charge is 0.106 e. The topological polar surface area (TPSA) is 17.8 Å². The number of fused-ring (bicyclic) bond motifs is 1. The quantitative estimate of drug-likeness (QED) is 0.764. The molecule has 2 aliphatic rings. The van der Waals surface area contributed by atoms with Crippen LogP contribution in [0.5, 0.6) is 0 Å². The number of hydrogen-bond donors (Lipinski definition) is 0. The molecule has 0 aliphatic heterocycles. The van der Waals surface area contributed by atoms with Crippen LogP contribution in [0, 0.1) is 12.8 Å². The van der Waals surface area contributed by atoms with E-state index in [9.17, 15) is 0 Å². The first-order chi connectivity index (χ1) is 8.79. The summed E-state index contributed by atoms with van der Waals surface area (Å²) in [5.74, 6) is 2.27. The lowest BCUT2D eigenvalue weighted by atomic mass is 9.84. The van der Waals surface area contributed by atoms with Gasteiger partial charge in [-0.25, -0.2) is 4.98 Å². The van der Waals surface area contributed by atoms with Crippen molar-refractivity contribution in [3.63, 3.8) is 0 Å². The lowest BCUT2D eigenvalue weighted by Gasteiger charge is -2.31. The molecule has 0 atom stereocenters. The zero-order valence-corrected chi connectivity index (χ0v) is 11.9. The molecule has 1 aromatic heterocycles. The summed E-state index contributed by atoms with van der Waals surface area (Å²) in [4.78, 5) is 4.83. The third-order valence-corrected chi connectivity index (χ3v) is 5.11. The van der Waals surface area contributed by atoms with Crippen LogP contribution < -0.4 is 0 Å². The van der Waals surface area contributed by atoms with E-state index in [4.69, 9.17) is 4.98 Å². The standard InChI is InChI=1S/C16H26N2/c1-3-13-8-10-14(11-9-13)18-12(2)17-15-6-4-5-7-16(15)18/h13-14H,3-11H2,1-2H3. The van der Waals surface area contributed by atoms with E-state index < -0.39 is 0 Å². The lowest BCUT2D eigenvalue weighted by Crippen LogP contribution is -2.21. The van der Waals surface area contributed by atoms with E-state index in [1.54, 1.807) is 5.69 Å². The number of hydrogen-bond acceptors (Lipinski definition) is 1. The lowest BCUT2D eigenvalue weighted by molar-refractivity contribution is 0.263. The molecule has 1 heterocycles. The summed E-state index contributed by atoms with van der Waals surface area (Å²) >= 11 is 0. The van der Waals surface area contributed by atoms with Crippen LogP contribution in [-0.2, 0) is 12.8 Å². The van der Waals surface area contributed by atoms with Crippen LogP contribution in [-0.4, -0.2) is 9.55 Å². The number of aryl methyl sites for hydroxylation is 2. The van der Waals surface area contributed by atoms with Gasteiger partial charge < -0.3 is 4.57 Å². The van der Waals surface area contributed by atoms with Crippen molar-refractivity contribution in [2.24, 2.45) is 5.92 Å². The molecule has 0 radical (unpaired) electrons. The first-order valence-corrected chi connectivity index (χ1v) is 7.86. The van der Waals surface area contributed by atoms with Crippen LogP contribution in [0.2, 0.25) is 0 Å². The highest BCUT2D eigenvalue weighted by molar-refractivity contribution is 5.21. The molecule has 0 amide bonds. The first-order valence-electron chi connectivity index (χ1n) is 7.86. The Labute approximate surface area is 111 Å². The molecule has 0 bridgehead atoms. The highest BCUT2D eigenvalue weighted by Crippen LogP contribution is 2.36. The molecule has 100 valence electrons. The van der Waals surface area contributed by atoms with E-state index in [0.29, 0.717) is 0 Å². The minimum Gasteiger partial charge on any atom is -0.329 e. The molecule has 0 N–H and O–H groups in total. The molecule has 1 aromatic rings. The Morgan fingerprint density at radius 3 is 2.56 bits per heavy atom. The molecular weight excluding hydrogens is 220 g/mol. The summed E-state index contributed by atoms with van der Waals surface area (Å²) in [6.07, 6.45) is 12.2. The second kappa shape index (κ2) is 5.07. The van der Waals surface area contributed by atoms with Gasteiger partial charge in [-0.2, -0.15) is 0 Å². The second-order valence-electron chi connectivity index (χ2n) is 6.21. The van der Waals surface area contributed by atoms with Crippen LogP contribution in [0.3, 0.4) is 0 Å². The van der Waals surface area contributed by atoms with Gasteiger partial charge in [0.1, 0.15) is 5.82 Å². The number of nitrogens with zero attached hydrogens (tertiary/aromatic N) is 2. The molecule has 2 heteroatoms. The van der Waals surface area contributed by atoms with Gasteiger partial charge in [-0.3, -0.25) is 0 Å². The maximum atomic E-state index is 4.83. The fourth-order valence-electron chi connectivity index (χ4n) is 3.99. The fraction of sp³-hybridized carbons (Fsp3) is 0.812. The summed E-state index contributed by atoms with van der Waals surface area (Å²) in [6, 6.07) is 0.752. The largest absolute Gasteiger partial charge is 0.329 e. The van der Waals surface area contributed by atoms with Gasteiger partial charge in [0.2, 0.25) is 0 Å². The molecule has 18 heavy (non-hydrogen) atoms. The third kappa shape index (κ3) is 2.10. The van der Waals surface area contributed by atoms with E-state index >= 15 is 0 Å². The summed E-state index contributed by atoms with van der Waals surface area (Å²) in [5.41, 5.74) is 3.00. The van der Waals surface area contributed by atoms with Crippen molar-refractivity contribution < 1.29 is 0 Å². The minimum absolute atomic E-state index is 0.752. The Morgan fingerprint density at radius 2 is 1.83 bits per heavy atom. The van der Waals surface area contributed by atoms with E-state index in [1.165, 1.54) is 69.3 Å². The summed E-state index contributed by atoms with van der Waals surface area (Å²) in [6.45, 7) is 4.56. The first kappa shape index (κ1) is 12.3. The SMILES string of the molecule is CCC1CCC(n2c(C)nc3c2CCCC3)CC1. The van der Waals surface area contributed by atoms with Crippen molar-refractivity contribution in [1.82, 2.24) is 9.55 Å². The molecule has 2 nitrogen and oxygen atoms in total. The van der Waals surface area contributed by atoms with Gasteiger partial charge in [0, 0.05) is 11.7 Å². The zero-order chi connectivity index (χ0) is 12.5. The van der Waals surface area contributed by atoms with Gasteiger partial charge in [-0.05, 0) is 64.2 Å². The summed E-state index contributed by atoms with van der Waals surface area (Å²) < 4.78 is 2.61. The van der Waals surface area contributed by atoms with Crippen molar-refractivity contribution in [2.75, 3.05) is 0 Å². The average molecular weight is 246 g/mol. The Balaban J connectivity index is 1.82. The fourth-order valence-corrected chi connectivity index (χ4v) is 3.99. The van der Waals surface area contributed by atoms with Crippen LogP contribution in [0.25, 0.3) is 0 Å². The maximum Gasteiger partial charge on any atom is 0.106 e. The normalized spacial score (nSPS) is 28.1. The number of imidazole rings is 1. The predicted octanol–water partition coefficient (Wildman–Crippen LogP) is 4.21. The van der Waals surface area contributed by atoms with Crippen molar-refractivity contribution in [1.29, 1.82) is 0 Å². The maximum absolute atomic E-state index is 4.83. The van der Waals surface area contributed by atoms with Crippen LogP contribution in [0.15, 0.2) is 0 Å². The van der Waals surface area contributed by atoms with Crippen molar-refractivity contribution in [3.05, 3.63) is 17.2 Å². The molecule has 0 spiro atoms. The van der Waals surface area contributed by atoms with Crippen LogP contribution in [0.4, 0.5) is 0 Å². The molecule has 1 fully saturated rings. The Kier molecular flexibility index (Phi) is 3.45. The van der Waals surface area contributed by atoms with Crippen LogP contribution >= 0.6 is 0 Å². The molecular formula is C16H26N2. The average Bonchev–Trinajstić information content (AvgIpc) is 2.75. The Morgan fingerprint density at radius 1 is 1.11 bits per heavy atom. The zero-order valence-electron chi connectivity index (χ0n) is 11.9. The molecule has 2 aliphatic carbocycles. The summed E-state index contributed by atoms with van der Waals surface area (Å²) in [7, 11) is 0. The molecule has 0 unspecified atom stereocenters. The van der Waals surface area contributed by atoms with Crippen molar-refractivity contribution in [3.8, 4) is 0 Å². The van der Waals surface area contributed by atoms with Crippen molar-refractivity contribution >= 4 is 0 Å². The minimum atomic E-state index is 0.752.